The number of rotatable bonds is 3. The Bertz CT molecular complexity index is 591. The predicted octanol–water partition coefficient (Wildman–Crippen LogP) is 2.14. The van der Waals surface area contributed by atoms with Crippen molar-refractivity contribution in [3.63, 3.8) is 0 Å². The van der Waals surface area contributed by atoms with Crippen LogP contribution in [0.25, 0.3) is 11.3 Å². The number of aromatic nitrogens is 1. The largest absolute Gasteiger partial charge is 0.285 e. The third kappa shape index (κ3) is 3.37. The molecule has 4 nitrogen and oxygen atoms in total. The molecule has 0 atom stereocenters. The lowest BCUT2D eigenvalue weighted by molar-refractivity contribution is 0.482. The summed E-state index contributed by atoms with van der Waals surface area (Å²) < 4.78 is 30.1. The quantitative estimate of drug-likeness (QED) is 0.846. The maximum atomic E-state index is 10.7. The molecular formula is C12H11NO3S. The predicted molar refractivity (Wildman–Crippen MR) is 64.9 cm³/mol. The molecule has 0 saturated heterocycles. The van der Waals surface area contributed by atoms with E-state index in [2.05, 4.69) is 4.98 Å². The Morgan fingerprint density at radius 1 is 1.06 bits per heavy atom. The van der Waals surface area contributed by atoms with Crippen LogP contribution in [0.3, 0.4) is 0 Å². The van der Waals surface area contributed by atoms with Crippen molar-refractivity contribution < 1.29 is 13.0 Å². The van der Waals surface area contributed by atoms with Crippen LogP contribution in [-0.2, 0) is 15.9 Å². The second kappa shape index (κ2) is 4.65. The van der Waals surface area contributed by atoms with E-state index in [4.69, 9.17) is 4.55 Å². The van der Waals surface area contributed by atoms with Gasteiger partial charge in [0.15, 0.2) is 0 Å². The summed E-state index contributed by atoms with van der Waals surface area (Å²) in [5, 5.41) is 0. The van der Waals surface area contributed by atoms with Crippen LogP contribution in [0.5, 0.6) is 0 Å². The first-order chi connectivity index (χ1) is 8.04. The minimum Gasteiger partial charge on any atom is -0.285 e. The third-order valence-corrected chi connectivity index (χ3v) is 2.96. The molecule has 0 amide bonds. The molecule has 1 heterocycles. The summed E-state index contributed by atoms with van der Waals surface area (Å²) in [4.78, 5) is 4.19. The zero-order valence-corrected chi connectivity index (χ0v) is 9.76. The van der Waals surface area contributed by atoms with Crippen LogP contribution in [0.1, 0.15) is 5.56 Å². The van der Waals surface area contributed by atoms with Gasteiger partial charge in [0, 0.05) is 11.8 Å². The molecule has 2 rings (SSSR count). The molecule has 0 aliphatic heterocycles. The van der Waals surface area contributed by atoms with E-state index in [1.54, 1.807) is 30.5 Å². The summed E-state index contributed by atoms with van der Waals surface area (Å²) in [5.41, 5.74) is 2.28. The van der Waals surface area contributed by atoms with Crippen molar-refractivity contribution in [2.45, 2.75) is 5.75 Å². The van der Waals surface area contributed by atoms with Crippen LogP contribution in [-0.4, -0.2) is 18.0 Å². The molecule has 0 radical (unpaired) electrons. The van der Waals surface area contributed by atoms with Gasteiger partial charge in [-0.25, -0.2) is 0 Å². The Balaban J connectivity index is 2.25. The molecule has 0 fully saturated rings. The number of nitrogens with zero attached hydrogens (tertiary/aromatic N) is 1. The van der Waals surface area contributed by atoms with Gasteiger partial charge in [-0.1, -0.05) is 30.3 Å². The molecular weight excluding hydrogens is 238 g/mol. The minimum absolute atomic E-state index is 0.366. The van der Waals surface area contributed by atoms with Crippen LogP contribution in [0.2, 0.25) is 0 Å². The lowest BCUT2D eigenvalue weighted by atomic mass is 10.1. The minimum atomic E-state index is -3.97. The maximum absolute atomic E-state index is 10.7. The van der Waals surface area contributed by atoms with Crippen molar-refractivity contribution in [1.82, 2.24) is 4.98 Å². The van der Waals surface area contributed by atoms with Crippen molar-refractivity contribution in [3.8, 4) is 11.3 Å². The summed E-state index contributed by atoms with van der Waals surface area (Å²) in [7, 11) is -3.97. The highest BCUT2D eigenvalue weighted by Gasteiger charge is 2.06. The molecule has 0 aliphatic carbocycles. The molecule has 2 aromatic rings. The smallest absolute Gasteiger partial charge is 0.269 e. The van der Waals surface area contributed by atoms with Crippen LogP contribution in [0.15, 0.2) is 48.7 Å². The second-order valence-electron chi connectivity index (χ2n) is 3.64. The Morgan fingerprint density at radius 2 is 1.76 bits per heavy atom. The normalized spacial score (nSPS) is 11.4. The highest BCUT2D eigenvalue weighted by Crippen LogP contribution is 2.17. The van der Waals surface area contributed by atoms with Gasteiger partial charge in [0.25, 0.3) is 10.1 Å². The maximum Gasteiger partial charge on any atom is 0.269 e. The zero-order chi connectivity index (χ0) is 12.3. The molecule has 17 heavy (non-hydrogen) atoms. The summed E-state index contributed by atoms with van der Waals surface area (Å²) in [5.74, 6) is -0.366. The Morgan fingerprint density at radius 3 is 2.29 bits per heavy atom. The first-order valence-electron chi connectivity index (χ1n) is 5.00. The molecule has 0 aliphatic rings. The molecule has 88 valence electrons. The number of hydrogen-bond acceptors (Lipinski definition) is 3. The SMILES string of the molecule is O=S(=O)(O)Cc1ccc(-c2ccccn2)cc1. The van der Waals surface area contributed by atoms with E-state index in [9.17, 15) is 8.42 Å². The zero-order valence-electron chi connectivity index (χ0n) is 8.95. The summed E-state index contributed by atoms with van der Waals surface area (Å²) in [6, 6.07) is 12.5. The fourth-order valence-electron chi connectivity index (χ4n) is 1.52. The van der Waals surface area contributed by atoms with Crippen LogP contribution >= 0.6 is 0 Å². The van der Waals surface area contributed by atoms with E-state index < -0.39 is 10.1 Å². The average Bonchev–Trinajstić information content (AvgIpc) is 2.29. The monoisotopic (exact) mass is 249 g/mol. The molecule has 1 aromatic carbocycles. The topological polar surface area (TPSA) is 67.3 Å². The first kappa shape index (κ1) is 11.8. The van der Waals surface area contributed by atoms with Gasteiger partial charge in [-0.05, 0) is 17.7 Å². The van der Waals surface area contributed by atoms with E-state index in [0.29, 0.717) is 5.56 Å². The first-order valence-corrected chi connectivity index (χ1v) is 6.61. The van der Waals surface area contributed by atoms with Crippen LogP contribution in [0, 0.1) is 0 Å². The fraction of sp³-hybridized carbons (Fsp3) is 0.0833. The van der Waals surface area contributed by atoms with Crippen LogP contribution in [0.4, 0.5) is 0 Å². The molecule has 5 heteroatoms. The van der Waals surface area contributed by atoms with Gasteiger partial charge in [0.2, 0.25) is 0 Å². The summed E-state index contributed by atoms with van der Waals surface area (Å²) >= 11 is 0. The van der Waals surface area contributed by atoms with E-state index >= 15 is 0 Å². The Hall–Kier alpha value is -1.72. The van der Waals surface area contributed by atoms with Gasteiger partial charge in [0.05, 0.1) is 5.69 Å². The third-order valence-electron chi connectivity index (χ3n) is 2.26. The molecule has 0 unspecified atom stereocenters. The van der Waals surface area contributed by atoms with Crippen LogP contribution < -0.4 is 0 Å². The van der Waals surface area contributed by atoms with E-state index in [1.165, 1.54) is 0 Å². The van der Waals surface area contributed by atoms with Gasteiger partial charge in [-0.15, -0.1) is 0 Å². The fourth-order valence-corrected chi connectivity index (χ4v) is 2.13. The molecule has 0 spiro atoms. The number of benzene rings is 1. The highest BCUT2D eigenvalue weighted by atomic mass is 32.2. The molecule has 1 N–H and O–H groups in total. The lowest BCUT2D eigenvalue weighted by Crippen LogP contribution is -2.01. The Kier molecular flexibility index (Phi) is 3.21. The standard InChI is InChI=1S/C12H11NO3S/c14-17(15,16)9-10-4-6-11(7-5-10)12-3-1-2-8-13-12/h1-8H,9H2,(H,14,15,16). The summed E-state index contributed by atoms with van der Waals surface area (Å²) in [6.45, 7) is 0. The van der Waals surface area contributed by atoms with Crippen molar-refractivity contribution in [3.05, 3.63) is 54.2 Å². The van der Waals surface area contributed by atoms with Gasteiger partial charge in [-0.2, -0.15) is 8.42 Å². The number of hydrogen-bond donors (Lipinski definition) is 1. The summed E-state index contributed by atoms with van der Waals surface area (Å²) in [6.07, 6.45) is 1.70. The molecule has 1 aromatic heterocycles. The van der Waals surface area contributed by atoms with Crippen molar-refractivity contribution in [2.75, 3.05) is 0 Å². The second-order valence-corrected chi connectivity index (χ2v) is 5.09. The van der Waals surface area contributed by atoms with Crippen molar-refractivity contribution >= 4 is 10.1 Å². The van der Waals surface area contributed by atoms with E-state index in [0.717, 1.165) is 11.3 Å². The van der Waals surface area contributed by atoms with Gasteiger partial charge in [-0.3, -0.25) is 9.54 Å². The van der Waals surface area contributed by atoms with Gasteiger partial charge in [0.1, 0.15) is 5.75 Å². The number of pyridine rings is 1. The lowest BCUT2D eigenvalue weighted by Gasteiger charge is -2.02. The Labute approximate surface area is 99.7 Å². The average molecular weight is 249 g/mol. The van der Waals surface area contributed by atoms with Gasteiger partial charge >= 0.3 is 0 Å². The molecule has 0 saturated carbocycles. The molecule has 0 bridgehead atoms. The van der Waals surface area contributed by atoms with E-state index in [1.807, 2.05) is 18.2 Å². The van der Waals surface area contributed by atoms with Gasteiger partial charge < -0.3 is 0 Å². The van der Waals surface area contributed by atoms with Crippen molar-refractivity contribution in [2.24, 2.45) is 0 Å². The van der Waals surface area contributed by atoms with E-state index in [-0.39, 0.29) is 5.75 Å². The highest BCUT2D eigenvalue weighted by molar-refractivity contribution is 7.85. The van der Waals surface area contributed by atoms with Crippen molar-refractivity contribution in [1.29, 1.82) is 0 Å².